The Morgan fingerprint density at radius 2 is 1.67 bits per heavy atom. The van der Waals surface area contributed by atoms with Crippen LogP contribution in [0.1, 0.15) is 46.4 Å². The number of anilines is 3. The fourth-order valence-electron chi connectivity index (χ4n) is 4.77. The Morgan fingerprint density at radius 1 is 0.944 bits per heavy atom. The molecule has 0 radical (unpaired) electrons. The van der Waals surface area contributed by atoms with Crippen LogP contribution in [0.2, 0.25) is 0 Å². The summed E-state index contributed by atoms with van der Waals surface area (Å²) in [7, 11) is 0. The second kappa shape index (κ2) is 10.6. The van der Waals surface area contributed by atoms with Crippen LogP contribution in [0.15, 0.2) is 85.1 Å². The summed E-state index contributed by atoms with van der Waals surface area (Å²) in [6.07, 6.45) is 8.90. The molecule has 3 aromatic rings. The predicted octanol–water partition coefficient (Wildman–Crippen LogP) is 5.20. The quantitative estimate of drug-likeness (QED) is 0.354. The van der Waals surface area contributed by atoms with Crippen LogP contribution < -0.4 is 10.2 Å². The van der Waals surface area contributed by atoms with E-state index < -0.39 is 0 Å². The number of hydrogen-bond acceptors (Lipinski definition) is 5. The van der Waals surface area contributed by atoms with E-state index in [-0.39, 0.29) is 23.6 Å². The molecule has 0 saturated heterocycles. The highest BCUT2D eigenvalue weighted by atomic mass is 16.2. The van der Waals surface area contributed by atoms with Gasteiger partial charge in [0.25, 0.3) is 11.8 Å². The van der Waals surface area contributed by atoms with Gasteiger partial charge in [0.1, 0.15) is 0 Å². The second-order valence-corrected chi connectivity index (χ2v) is 8.99. The molecule has 5 rings (SSSR count). The monoisotopic (exact) mass is 480 g/mol. The summed E-state index contributed by atoms with van der Waals surface area (Å²) in [6, 6.07) is 20.4. The number of amides is 3. The normalized spacial score (nSPS) is 16.7. The van der Waals surface area contributed by atoms with Gasteiger partial charge in [-0.05, 0) is 62.1 Å². The van der Waals surface area contributed by atoms with Crippen molar-refractivity contribution >= 4 is 34.9 Å². The Kier molecular flexibility index (Phi) is 6.89. The fraction of sp³-hybridized carbons (Fsp3) is 0.241. The molecule has 0 bridgehead atoms. The number of carbonyl (C=O) groups is 3. The second-order valence-electron chi connectivity index (χ2n) is 8.99. The number of allylic oxidation sites excluding steroid dienone is 2. The number of hydrogen-bond donors (Lipinski definition) is 1. The highest BCUT2D eigenvalue weighted by Gasteiger charge is 2.34. The highest BCUT2D eigenvalue weighted by molar-refractivity contribution is 6.21. The number of pyridine rings is 1. The maximum atomic E-state index is 13.0. The van der Waals surface area contributed by atoms with E-state index in [1.165, 1.54) is 4.90 Å². The molecule has 2 aliphatic rings. The van der Waals surface area contributed by atoms with Gasteiger partial charge in [-0.1, -0.05) is 42.5 Å². The van der Waals surface area contributed by atoms with Crippen molar-refractivity contribution in [1.29, 1.82) is 0 Å². The molecule has 0 spiro atoms. The Morgan fingerprint density at radius 3 is 2.36 bits per heavy atom. The summed E-state index contributed by atoms with van der Waals surface area (Å²) in [5, 5.41) is 3.09. The van der Waals surface area contributed by atoms with E-state index in [0.717, 1.165) is 24.9 Å². The summed E-state index contributed by atoms with van der Waals surface area (Å²) in [4.78, 5) is 46.5. The highest BCUT2D eigenvalue weighted by Crippen LogP contribution is 2.31. The van der Waals surface area contributed by atoms with Gasteiger partial charge in [-0.2, -0.15) is 0 Å². The fourth-order valence-corrected chi connectivity index (χ4v) is 4.77. The molecule has 1 aliphatic carbocycles. The van der Waals surface area contributed by atoms with Crippen molar-refractivity contribution in [2.24, 2.45) is 5.92 Å². The first kappa shape index (κ1) is 23.5. The zero-order valence-corrected chi connectivity index (χ0v) is 20.0. The van der Waals surface area contributed by atoms with E-state index in [4.69, 9.17) is 0 Å². The number of nitrogens with zero attached hydrogens (tertiary/aromatic N) is 3. The third-order valence-corrected chi connectivity index (χ3v) is 6.65. The lowest BCUT2D eigenvalue weighted by atomic mass is 9.93. The van der Waals surface area contributed by atoms with Crippen LogP contribution in [0.4, 0.5) is 17.2 Å². The Bertz CT molecular complexity index is 1270. The molecule has 182 valence electrons. The molecule has 1 aromatic heterocycles. The van der Waals surface area contributed by atoms with Gasteiger partial charge in [-0.15, -0.1) is 0 Å². The van der Waals surface area contributed by atoms with Crippen molar-refractivity contribution in [3.8, 4) is 0 Å². The van der Waals surface area contributed by atoms with Crippen molar-refractivity contribution in [3.63, 3.8) is 0 Å². The lowest BCUT2D eigenvalue weighted by Crippen LogP contribution is -2.33. The van der Waals surface area contributed by atoms with E-state index in [9.17, 15) is 14.4 Å². The van der Waals surface area contributed by atoms with Gasteiger partial charge in [0.05, 0.1) is 16.8 Å². The molecule has 1 unspecified atom stereocenters. The summed E-state index contributed by atoms with van der Waals surface area (Å²) >= 11 is 0. The number of para-hydroxylation sites is 1. The lowest BCUT2D eigenvalue weighted by molar-refractivity contribution is -0.120. The van der Waals surface area contributed by atoms with Crippen molar-refractivity contribution < 1.29 is 14.4 Å². The number of fused-ring (bicyclic) bond motifs is 1. The van der Waals surface area contributed by atoms with Crippen LogP contribution in [0.5, 0.6) is 0 Å². The van der Waals surface area contributed by atoms with E-state index in [2.05, 4.69) is 22.5 Å². The molecule has 0 fully saturated rings. The largest absolute Gasteiger partial charge is 0.325 e. The number of aromatic nitrogens is 1. The van der Waals surface area contributed by atoms with Gasteiger partial charge >= 0.3 is 0 Å². The number of carbonyl (C=O) groups excluding carboxylic acids is 3. The molecule has 2 heterocycles. The van der Waals surface area contributed by atoms with Crippen molar-refractivity contribution in [3.05, 3.63) is 96.2 Å². The molecule has 36 heavy (non-hydrogen) atoms. The van der Waals surface area contributed by atoms with Crippen molar-refractivity contribution in [2.75, 3.05) is 23.3 Å². The van der Waals surface area contributed by atoms with E-state index >= 15 is 0 Å². The molecule has 2 aromatic carbocycles. The molecule has 0 saturated carbocycles. The molecule has 1 aliphatic heterocycles. The predicted molar refractivity (Wildman–Crippen MR) is 139 cm³/mol. The zero-order valence-electron chi connectivity index (χ0n) is 20.0. The SMILES string of the molecule is O=C(Nc1cccnc1N(CCCN1C(=O)c2ccccc2C1=O)c1ccccc1)C1CC=CCC1. The van der Waals surface area contributed by atoms with Crippen LogP contribution in [0, 0.1) is 5.92 Å². The Hall–Kier alpha value is -4.26. The first-order chi connectivity index (χ1) is 17.6. The maximum Gasteiger partial charge on any atom is 0.261 e. The molecular formula is C29H28N4O3. The topological polar surface area (TPSA) is 82.6 Å². The molecule has 7 nitrogen and oxygen atoms in total. The van der Waals surface area contributed by atoms with Gasteiger partial charge < -0.3 is 10.2 Å². The molecule has 1 N–H and O–H groups in total. The van der Waals surface area contributed by atoms with Gasteiger partial charge in [0.15, 0.2) is 5.82 Å². The minimum Gasteiger partial charge on any atom is -0.325 e. The van der Waals surface area contributed by atoms with Gasteiger partial charge in [-0.3, -0.25) is 19.3 Å². The maximum absolute atomic E-state index is 13.0. The lowest BCUT2D eigenvalue weighted by Gasteiger charge is -2.27. The van der Waals surface area contributed by atoms with Crippen LogP contribution in [0.3, 0.4) is 0 Å². The number of benzene rings is 2. The zero-order chi connectivity index (χ0) is 24.9. The van der Waals surface area contributed by atoms with Crippen LogP contribution in [0.25, 0.3) is 0 Å². The summed E-state index contributed by atoms with van der Waals surface area (Å²) in [5.74, 6) is 0.0591. The van der Waals surface area contributed by atoms with Crippen molar-refractivity contribution in [1.82, 2.24) is 9.88 Å². The van der Waals surface area contributed by atoms with Gasteiger partial charge in [0.2, 0.25) is 5.91 Å². The van der Waals surface area contributed by atoms with Crippen molar-refractivity contribution in [2.45, 2.75) is 25.7 Å². The average molecular weight is 481 g/mol. The first-order valence-corrected chi connectivity index (χ1v) is 12.3. The van der Waals surface area contributed by atoms with Crippen LogP contribution in [-0.4, -0.2) is 40.7 Å². The molecule has 1 atom stereocenters. The third-order valence-electron chi connectivity index (χ3n) is 6.65. The summed E-state index contributed by atoms with van der Waals surface area (Å²) in [5.41, 5.74) is 2.46. The van der Waals surface area contributed by atoms with E-state index in [0.29, 0.717) is 42.1 Å². The number of nitrogens with one attached hydrogen (secondary N) is 1. The third kappa shape index (κ3) is 4.77. The standard InChI is InChI=1S/C29H28N4O3/c34-27(21-11-3-1-4-12-21)31-25-17-9-18-30-26(25)32(22-13-5-2-6-14-22)19-10-20-33-28(35)23-15-7-8-16-24(23)29(33)36/h1-3,5-9,13-18,21H,4,10-12,19-20H2,(H,31,34). The summed E-state index contributed by atoms with van der Waals surface area (Å²) < 4.78 is 0. The van der Waals surface area contributed by atoms with E-state index in [1.807, 2.05) is 47.4 Å². The molecule has 7 heteroatoms. The van der Waals surface area contributed by atoms with Gasteiger partial charge in [-0.25, -0.2) is 4.98 Å². The minimum atomic E-state index is -0.255. The van der Waals surface area contributed by atoms with Gasteiger partial charge in [0, 0.05) is 30.9 Å². The Labute approximate surface area is 210 Å². The minimum absolute atomic E-state index is 0.00682. The Balaban J connectivity index is 1.34. The first-order valence-electron chi connectivity index (χ1n) is 12.3. The number of imide groups is 1. The van der Waals surface area contributed by atoms with Crippen LogP contribution in [-0.2, 0) is 4.79 Å². The van der Waals surface area contributed by atoms with E-state index in [1.54, 1.807) is 30.5 Å². The number of rotatable bonds is 8. The average Bonchev–Trinajstić information content (AvgIpc) is 3.17. The molecule has 3 amide bonds. The molecular weight excluding hydrogens is 452 g/mol. The van der Waals surface area contributed by atoms with Crippen LogP contribution >= 0.6 is 0 Å². The summed E-state index contributed by atoms with van der Waals surface area (Å²) in [6.45, 7) is 0.794. The smallest absolute Gasteiger partial charge is 0.261 e.